The number of carbonyl (C=O) groups is 1. The van der Waals surface area contributed by atoms with E-state index in [1.807, 2.05) is 12.3 Å². The van der Waals surface area contributed by atoms with Crippen molar-refractivity contribution in [1.29, 1.82) is 0 Å². The number of pyridine rings is 1. The Bertz CT molecular complexity index is 1590. The van der Waals surface area contributed by atoms with Gasteiger partial charge in [0.15, 0.2) is 0 Å². The zero-order valence-corrected chi connectivity index (χ0v) is 22.8. The predicted molar refractivity (Wildman–Crippen MR) is 147 cm³/mol. The number of carbonyl (C=O) groups excluding carboxylic acids is 1. The van der Waals surface area contributed by atoms with Crippen LogP contribution >= 0.6 is 0 Å². The van der Waals surface area contributed by atoms with E-state index < -0.39 is 17.2 Å². The molecule has 3 aromatic heterocycles. The van der Waals surface area contributed by atoms with Crippen molar-refractivity contribution in [3.63, 3.8) is 0 Å². The van der Waals surface area contributed by atoms with Crippen LogP contribution < -0.4 is 11.1 Å². The van der Waals surface area contributed by atoms with Gasteiger partial charge in [-0.2, -0.15) is 5.10 Å². The molecule has 9 nitrogen and oxygen atoms in total. The Hall–Kier alpha value is -3.80. The molecule has 41 heavy (non-hydrogen) atoms. The summed E-state index contributed by atoms with van der Waals surface area (Å²) in [5, 5.41) is 18.0. The molecule has 0 spiro atoms. The first-order valence-corrected chi connectivity index (χ1v) is 13.7. The molecule has 11 heteroatoms. The summed E-state index contributed by atoms with van der Waals surface area (Å²) in [7, 11) is 0. The van der Waals surface area contributed by atoms with E-state index in [0.29, 0.717) is 24.2 Å². The van der Waals surface area contributed by atoms with Gasteiger partial charge in [-0.05, 0) is 71.7 Å². The number of hydrogen-bond acceptors (Lipinski definition) is 7. The molecule has 0 unspecified atom stereocenters. The summed E-state index contributed by atoms with van der Waals surface area (Å²) in [6.45, 7) is 3.59. The van der Waals surface area contributed by atoms with Crippen LogP contribution in [0.15, 0.2) is 48.9 Å². The average molecular weight is 563 g/mol. The molecule has 1 amide bonds. The van der Waals surface area contributed by atoms with Crippen LogP contribution in [0.5, 0.6) is 0 Å². The Morgan fingerprint density at radius 1 is 1.20 bits per heavy atom. The lowest BCUT2D eigenvalue weighted by Gasteiger charge is -2.39. The molecule has 6 rings (SSSR count). The SMILES string of the molecule is CC(=O)N[C@@H]1[C@H](N)C[C@H](c2ccncc2Cc2ncc3ccc(-c4c(F)cc(C5(O)COC5)cc4F)nn23)C[C@@H]1C. The smallest absolute Gasteiger partial charge is 0.217 e. The summed E-state index contributed by atoms with van der Waals surface area (Å²) in [6.07, 6.45) is 7.21. The third-order valence-electron chi connectivity index (χ3n) is 8.36. The van der Waals surface area contributed by atoms with Crippen LogP contribution in [0.1, 0.15) is 55.1 Å². The standard InChI is InChI=1S/C30H32F2N6O3/c1-16-7-18(8-25(33)29(16)36-17(2)39)22-5-6-34-12-19(22)9-27-35-13-21-3-4-26(37-38(21)27)28-23(31)10-20(11-24(28)32)30(40)14-41-15-30/h3-6,10-13,16,18,25,29,40H,7-9,14-15,33H2,1-2H3,(H,36,39)/t16-,18+,25+,29-/m0/s1. The second kappa shape index (κ2) is 10.6. The number of nitrogens with two attached hydrogens (primary N) is 1. The van der Waals surface area contributed by atoms with Crippen LogP contribution in [0.3, 0.4) is 0 Å². The van der Waals surface area contributed by atoms with Gasteiger partial charge in [-0.1, -0.05) is 6.92 Å². The summed E-state index contributed by atoms with van der Waals surface area (Å²) < 4.78 is 37.0. The molecule has 2 fully saturated rings. The van der Waals surface area contributed by atoms with Crippen molar-refractivity contribution in [3.8, 4) is 11.3 Å². The van der Waals surface area contributed by atoms with Crippen LogP contribution in [0.4, 0.5) is 8.78 Å². The number of hydrogen-bond donors (Lipinski definition) is 3. The van der Waals surface area contributed by atoms with E-state index in [-0.39, 0.29) is 59.9 Å². The second-order valence-electron chi connectivity index (χ2n) is 11.4. The van der Waals surface area contributed by atoms with Crippen molar-refractivity contribution in [3.05, 3.63) is 83.1 Å². The number of halogens is 2. The Balaban J connectivity index is 1.30. The normalized spacial score (nSPS) is 23.8. The molecular weight excluding hydrogens is 530 g/mol. The van der Waals surface area contributed by atoms with E-state index in [2.05, 4.69) is 27.3 Å². The predicted octanol–water partition coefficient (Wildman–Crippen LogP) is 3.22. The number of aliphatic hydroxyl groups is 1. The third kappa shape index (κ3) is 5.09. The quantitative estimate of drug-likeness (QED) is 0.329. The minimum absolute atomic E-state index is 0.00818. The number of ether oxygens (including phenoxy) is 1. The van der Waals surface area contributed by atoms with E-state index in [0.717, 1.165) is 29.7 Å². The maximum absolute atomic E-state index is 15.2. The van der Waals surface area contributed by atoms with Gasteiger partial charge in [-0.25, -0.2) is 18.3 Å². The molecule has 1 aliphatic carbocycles. The van der Waals surface area contributed by atoms with Crippen molar-refractivity contribution in [2.24, 2.45) is 11.7 Å². The summed E-state index contributed by atoms with van der Waals surface area (Å²) >= 11 is 0. The zero-order chi connectivity index (χ0) is 28.9. The summed E-state index contributed by atoms with van der Waals surface area (Å²) in [5.74, 6) is -0.750. The van der Waals surface area contributed by atoms with E-state index in [1.54, 1.807) is 29.0 Å². The van der Waals surface area contributed by atoms with Gasteiger partial charge in [-0.15, -0.1) is 0 Å². The molecule has 2 aliphatic rings. The lowest BCUT2D eigenvalue weighted by molar-refractivity contribution is -0.184. The first-order chi connectivity index (χ1) is 19.6. The Labute approximate surface area is 235 Å². The van der Waals surface area contributed by atoms with Crippen LogP contribution in [0.25, 0.3) is 16.8 Å². The van der Waals surface area contributed by atoms with E-state index in [4.69, 9.17) is 10.5 Å². The highest BCUT2D eigenvalue weighted by molar-refractivity contribution is 5.73. The summed E-state index contributed by atoms with van der Waals surface area (Å²) in [4.78, 5) is 20.6. The number of nitrogens with one attached hydrogen (secondary N) is 1. The number of benzene rings is 1. The first-order valence-electron chi connectivity index (χ1n) is 13.7. The summed E-state index contributed by atoms with van der Waals surface area (Å²) in [6, 6.07) is 7.28. The maximum atomic E-state index is 15.2. The van der Waals surface area contributed by atoms with Gasteiger partial charge < -0.3 is 20.9 Å². The second-order valence-corrected chi connectivity index (χ2v) is 11.4. The lowest BCUT2D eigenvalue weighted by atomic mass is 9.72. The Morgan fingerprint density at radius 2 is 1.95 bits per heavy atom. The Morgan fingerprint density at radius 3 is 2.61 bits per heavy atom. The fourth-order valence-electron chi connectivity index (χ4n) is 6.22. The molecular formula is C30H32F2N6O3. The molecule has 1 aliphatic heterocycles. The number of nitrogens with zero attached hydrogens (tertiary/aromatic N) is 4. The molecule has 0 bridgehead atoms. The van der Waals surface area contributed by atoms with Crippen LogP contribution in [-0.2, 0) is 21.6 Å². The minimum atomic E-state index is -1.39. The van der Waals surface area contributed by atoms with E-state index in [1.165, 1.54) is 6.92 Å². The molecule has 4 atom stereocenters. The minimum Gasteiger partial charge on any atom is -0.380 e. The summed E-state index contributed by atoms with van der Waals surface area (Å²) in [5.41, 5.74) is 7.85. The fourth-order valence-corrected chi connectivity index (χ4v) is 6.22. The molecule has 4 N–H and O–H groups in total. The van der Waals surface area contributed by atoms with Gasteiger partial charge in [0.05, 0.1) is 36.2 Å². The van der Waals surface area contributed by atoms with Crippen LogP contribution in [0, 0.1) is 17.6 Å². The van der Waals surface area contributed by atoms with E-state index in [9.17, 15) is 9.90 Å². The van der Waals surface area contributed by atoms with Crippen molar-refractivity contribution >= 4 is 11.4 Å². The highest BCUT2D eigenvalue weighted by Crippen LogP contribution is 2.38. The van der Waals surface area contributed by atoms with Crippen molar-refractivity contribution in [2.45, 2.75) is 56.7 Å². The first kappa shape index (κ1) is 27.4. The highest BCUT2D eigenvalue weighted by Gasteiger charge is 2.39. The van der Waals surface area contributed by atoms with Crippen molar-refractivity contribution < 1.29 is 23.4 Å². The maximum Gasteiger partial charge on any atom is 0.217 e. The van der Waals surface area contributed by atoms with Gasteiger partial charge in [0.1, 0.15) is 23.1 Å². The number of aromatic nitrogens is 4. The van der Waals surface area contributed by atoms with E-state index >= 15 is 8.78 Å². The third-order valence-corrected chi connectivity index (χ3v) is 8.36. The number of amides is 1. The molecule has 4 aromatic rings. The molecule has 214 valence electrons. The fraction of sp³-hybridized carbons (Fsp3) is 0.400. The largest absolute Gasteiger partial charge is 0.380 e. The average Bonchev–Trinajstić information content (AvgIpc) is 3.31. The molecule has 1 aromatic carbocycles. The van der Waals surface area contributed by atoms with Crippen LogP contribution in [0.2, 0.25) is 0 Å². The number of fused-ring (bicyclic) bond motifs is 1. The van der Waals surface area contributed by atoms with Crippen LogP contribution in [-0.4, -0.2) is 55.9 Å². The monoisotopic (exact) mass is 562 g/mol. The van der Waals surface area contributed by atoms with Gasteiger partial charge in [-0.3, -0.25) is 9.78 Å². The number of imidazole rings is 1. The van der Waals surface area contributed by atoms with Gasteiger partial charge in [0.2, 0.25) is 5.91 Å². The molecule has 1 saturated heterocycles. The topological polar surface area (TPSA) is 128 Å². The highest BCUT2D eigenvalue weighted by atomic mass is 19.1. The van der Waals surface area contributed by atoms with Gasteiger partial charge in [0, 0.05) is 37.8 Å². The molecule has 0 radical (unpaired) electrons. The molecule has 1 saturated carbocycles. The number of rotatable bonds is 6. The molecule has 4 heterocycles. The lowest BCUT2D eigenvalue weighted by Crippen LogP contribution is -2.54. The van der Waals surface area contributed by atoms with Crippen molar-refractivity contribution in [2.75, 3.05) is 13.2 Å². The van der Waals surface area contributed by atoms with Gasteiger partial charge >= 0.3 is 0 Å². The van der Waals surface area contributed by atoms with Crippen molar-refractivity contribution in [1.82, 2.24) is 24.9 Å². The Kier molecular flexibility index (Phi) is 7.04. The van der Waals surface area contributed by atoms with Gasteiger partial charge in [0.25, 0.3) is 0 Å². The zero-order valence-electron chi connectivity index (χ0n) is 22.8.